The van der Waals surface area contributed by atoms with Gasteiger partial charge in [0.15, 0.2) is 0 Å². The van der Waals surface area contributed by atoms with Gasteiger partial charge in [-0.15, -0.1) is 0 Å². The lowest BCUT2D eigenvalue weighted by Crippen LogP contribution is -2.56. The Morgan fingerprint density at radius 1 is 0.882 bits per heavy atom. The molecule has 0 aliphatic rings. The Labute approximate surface area is 108 Å². The van der Waals surface area contributed by atoms with Crippen molar-refractivity contribution < 1.29 is 17.8 Å². The summed E-state index contributed by atoms with van der Waals surface area (Å²) in [6, 6.07) is 0. The van der Waals surface area contributed by atoms with E-state index >= 15 is 0 Å². The minimum absolute atomic E-state index is 0.308. The molecule has 4 nitrogen and oxygen atoms in total. The van der Waals surface area contributed by atoms with E-state index in [1.807, 2.05) is 0 Å². The fourth-order valence-corrected chi connectivity index (χ4v) is 4.92. The third-order valence-corrected chi connectivity index (χ3v) is 7.23. The van der Waals surface area contributed by atoms with Gasteiger partial charge in [0.1, 0.15) is 0 Å². The first-order chi connectivity index (χ1) is 7.99. The summed E-state index contributed by atoms with van der Waals surface area (Å²) >= 11 is 0. The molecule has 5 heteroatoms. The van der Waals surface area contributed by atoms with Gasteiger partial charge in [0, 0.05) is 21.3 Å². The quantitative estimate of drug-likeness (QED) is 0.472. The molecular formula is C12H30NO3Si+. The van der Waals surface area contributed by atoms with E-state index in [4.69, 9.17) is 13.3 Å². The SMILES string of the molecule is CC[N+](CC)(CC)CC(C)[Si](OC)(OC)OC. The van der Waals surface area contributed by atoms with Gasteiger partial charge in [0.2, 0.25) is 0 Å². The molecule has 0 radical (unpaired) electrons. The molecule has 17 heavy (non-hydrogen) atoms. The Hall–Kier alpha value is 0.0569. The first kappa shape index (κ1) is 17.1. The predicted molar refractivity (Wildman–Crippen MR) is 73.0 cm³/mol. The highest BCUT2D eigenvalue weighted by molar-refractivity contribution is 6.62. The predicted octanol–water partition coefficient (Wildman–Crippen LogP) is 2.13. The van der Waals surface area contributed by atoms with E-state index in [-0.39, 0.29) is 0 Å². The van der Waals surface area contributed by atoms with Crippen molar-refractivity contribution in [2.75, 3.05) is 47.5 Å². The summed E-state index contributed by atoms with van der Waals surface area (Å²) in [6.45, 7) is 13.4. The van der Waals surface area contributed by atoms with Crippen LogP contribution < -0.4 is 0 Å². The van der Waals surface area contributed by atoms with Crippen LogP contribution >= 0.6 is 0 Å². The van der Waals surface area contributed by atoms with Crippen molar-refractivity contribution in [2.24, 2.45) is 0 Å². The molecule has 1 unspecified atom stereocenters. The zero-order chi connectivity index (χ0) is 13.5. The maximum absolute atomic E-state index is 5.56. The summed E-state index contributed by atoms with van der Waals surface area (Å²) < 4.78 is 17.8. The average molecular weight is 264 g/mol. The van der Waals surface area contributed by atoms with Crippen molar-refractivity contribution in [3.8, 4) is 0 Å². The van der Waals surface area contributed by atoms with Crippen molar-refractivity contribution >= 4 is 8.80 Å². The van der Waals surface area contributed by atoms with Crippen LogP contribution in [0.1, 0.15) is 27.7 Å². The standard InChI is InChI=1S/C12H30NO3Si/c1-8-13(9-2,10-3)11-12(4)17(14-5,15-6)16-7/h12H,8-11H2,1-7H3/q+1. The van der Waals surface area contributed by atoms with Crippen LogP contribution in [-0.4, -0.2) is 60.8 Å². The Bertz CT molecular complexity index is 189. The molecule has 0 rings (SSSR count). The normalized spacial score (nSPS) is 15.0. The lowest BCUT2D eigenvalue weighted by molar-refractivity contribution is -0.923. The van der Waals surface area contributed by atoms with Crippen LogP contribution in [0.4, 0.5) is 0 Å². The lowest BCUT2D eigenvalue weighted by Gasteiger charge is -2.40. The second-order valence-corrected chi connectivity index (χ2v) is 8.01. The number of rotatable bonds is 9. The molecule has 104 valence electrons. The number of hydrogen-bond donors (Lipinski definition) is 0. The van der Waals surface area contributed by atoms with Gasteiger partial charge in [-0.2, -0.15) is 0 Å². The van der Waals surface area contributed by atoms with Crippen LogP contribution in [-0.2, 0) is 13.3 Å². The Balaban J connectivity index is 4.85. The lowest BCUT2D eigenvalue weighted by atomic mass is 10.3. The van der Waals surface area contributed by atoms with Gasteiger partial charge in [0.05, 0.1) is 31.7 Å². The molecule has 0 spiro atoms. The van der Waals surface area contributed by atoms with E-state index in [1.54, 1.807) is 21.3 Å². The number of quaternary nitrogens is 1. The van der Waals surface area contributed by atoms with Crippen LogP contribution in [0.2, 0.25) is 5.54 Å². The molecule has 0 aliphatic carbocycles. The Morgan fingerprint density at radius 3 is 1.47 bits per heavy atom. The maximum Gasteiger partial charge on any atom is 0.508 e. The molecule has 0 fully saturated rings. The van der Waals surface area contributed by atoms with Crippen LogP contribution in [0.5, 0.6) is 0 Å². The Morgan fingerprint density at radius 2 is 1.24 bits per heavy atom. The third-order valence-electron chi connectivity index (χ3n) is 4.13. The molecule has 0 N–H and O–H groups in total. The maximum atomic E-state index is 5.56. The van der Waals surface area contributed by atoms with E-state index in [0.29, 0.717) is 5.54 Å². The minimum Gasteiger partial charge on any atom is -0.377 e. The second-order valence-electron chi connectivity index (χ2n) is 4.59. The molecule has 0 saturated heterocycles. The van der Waals surface area contributed by atoms with Gasteiger partial charge in [-0.05, 0) is 20.8 Å². The largest absolute Gasteiger partial charge is 0.508 e. The average Bonchev–Trinajstić information content (AvgIpc) is 2.39. The summed E-state index contributed by atoms with van der Waals surface area (Å²) in [7, 11) is 2.57. The van der Waals surface area contributed by atoms with E-state index in [9.17, 15) is 0 Å². The smallest absolute Gasteiger partial charge is 0.377 e. The van der Waals surface area contributed by atoms with Gasteiger partial charge >= 0.3 is 8.80 Å². The monoisotopic (exact) mass is 264 g/mol. The number of hydrogen-bond acceptors (Lipinski definition) is 3. The molecule has 0 aromatic rings. The van der Waals surface area contributed by atoms with Crippen LogP contribution in [0.25, 0.3) is 0 Å². The van der Waals surface area contributed by atoms with Crippen molar-refractivity contribution in [3.63, 3.8) is 0 Å². The zero-order valence-corrected chi connectivity index (χ0v) is 13.6. The highest BCUT2D eigenvalue weighted by atomic mass is 28.4. The molecular weight excluding hydrogens is 234 g/mol. The number of nitrogens with zero attached hydrogens (tertiary/aromatic N) is 1. The molecule has 0 heterocycles. The van der Waals surface area contributed by atoms with Gasteiger partial charge in [-0.3, -0.25) is 0 Å². The topological polar surface area (TPSA) is 27.7 Å². The van der Waals surface area contributed by atoms with Crippen LogP contribution in [0, 0.1) is 0 Å². The van der Waals surface area contributed by atoms with Crippen molar-refractivity contribution in [1.29, 1.82) is 0 Å². The summed E-state index contributed by atoms with van der Waals surface area (Å²) in [6.07, 6.45) is 0. The van der Waals surface area contributed by atoms with Crippen molar-refractivity contribution in [1.82, 2.24) is 0 Å². The van der Waals surface area contributed by atoms with Gasteiger partial charge in [-0.25, -0.2) is 0 Å². The van der Waals surface area contributed by atoms with E-state index in [1.165, 1.54) is 0 Å². The fraction of sp³-hybridized carbons (Fsp3) is 1.00. The molecule has 0 bridgehead atoms. The summed E-state index contributed by atoms with van der Waals surface area (Å²) in [5.74, 6) is 0. The van der Waals surface area contributed by atoms with Crippen LogP contribution in [0.15, 0.2) is 0 Å². The first-order valence-electron chi connectivity index (χ1n) is 6.50. The molecule has 0 aliphatic heterocycles. The Kier molecular flexibility index (Phi) is 7.51. The summed E-state index contributed by atoms with van der Waals surface area (Å²) in [4.78, 5) is 0. The van der Waals surface area contributed by atoms with Gasteiger partial charge < -0.3 is 17.8 Å². The summed E-state index contributed by atoms with van der Waals surface area (Å²) in [5, 5.41) is 0. The first-order valence-corrected chi connectivity index (χ1v) is 8.30. The molecule has 0 aromatic carbocycles. The minimum atomic E-state index is -2.50. The highest BCUT2D eigenvalue weighted by Crippen LogP contribution is 2.27. The van der Waals surface area contributed by atoms with Crippen molar-refractivity contribution in [3.05, 3.63) is 0 Å². The van der Waals surface area contributed by atoms with Gasteiger partial charge in [-0.1, -0.05) is 6.92 Å². The van der Waals surface area contributed by atoms with Gasteiger partial charge in [0.25, 0.3) is 0 Å². The third kappa shape index (κ3) is 3.76. The summed E-state index contributed by atoms with van der Waals surface area (Å²) in [5.41, 5.74) is 0.308. The molecule has 0 amide bonds. The zero-order valence-electron chi connectivity index (χ0n) is 12.6. The van der Waals surface area contributed by atoms with E-state index in [0.717, 1.165) is 30.7 Å². The second kappa shape index (κ2) is 7.48. The van der Waals surface area contributed by atoms with Crippen molar-refractivity contribution in [2.45, 2.75) is 33.2 Å². The molecule has 0 aromatic heterocycles. The van der Waals surface area contributed by atoms with Crippen LogP contribution in [0.3, 0.4) is 0 Å². The molecule has 1 atom stereocenters. The molecule has 0 saturated carbocycles. The van der Waals surface area contributed by atoms with E-state index < -0.39 is 8.80 Å². The highest BCUT2D eigenvalue weighted by Gasteiger charge is 2.48. The van der Waals surface area contributed by atoms with E-state index in [2.05, 4.69) is 27.7 Å². The fourth-order valence-electron chi connectivity index (χ4n) is 2.60.